The molecule has 1 aromatic carbocycles. The zero-order chi connectivity index (χ0) is 14.7. The van der Waals surface area contributed by atoms with E-state index in [0.29, 0.717) is 0 Å². The highest BCUT2D eigenvalue weighted by Gasteiger charge is 2.21. The first kappa shape index (κ1) is 16.2. The number of nitrogens with one attached hydrogen (secondary N) is 1. The van der Waals surface area contributed by atoms with Gasteiger partial charge in [0.1, 0.15) is 0 Å². The molecule has 7 heteroatoms. The number of hydrogen-bond donors (Lipinski definition) is 2. The first-order valence-corrected chi connectivity index (χ1v) is 8.58. The summed E-state index contributed by atoms with van der Waals surface area (Å²) < 4.78 is 4.92. The van der Waals surface area contributed by atoms with E-state index in [-0.39, 0.29) is 6.04 Å². The lowest BCUT2D eigenvalue weighted by Gasteiger charge is -2.19. The van der Waals surface area contributed by atoms with Crippen LogP contribution in [0.5, 0.6) is 0 Å². The Hall–Kier alpha value is -0.210. The third kappa shape index (κ3) is 3.51. The highest BCUT2D eigenvalue weighted by atomic mass is 79.9. The van der Waals surface area contributed by atoms with Crippen molar-refractivity contribution in [3.63, 3.8) is 0 Å². The SMILES string of the molecule is CCCn1ncc(Br)c1C(NN)c1cc(Br)cc(Br)c1. The highest BCUT2D eigenvalue weighted by Crippen LogP contribution is 2.31. The molecule has 0 saturated carbocycles. The van der Waals surface area contributed by atoms with Crippen LogP contribution in [0.4, 0.5) is 0 Å². The van der Waals surface area contributed by atoms with Crippen LogP contribution >= 0.6 is 47.8 Å². The largest absolute Gasteiger partial charge is 0.271 e. The molecular weight excluding hydrogens is 452 g/mol. The van der Waals surface area contributed by atoms with Gasteiger partial charge in [0.2, 0.25) is 0 Å². The van der Waals surface area contributed by atoms with Gasteiger partial charge in [-0.25, -0.2) is 5.43 Å². The standard InChI is InChI=1S/C13H15Br3N4/c1-2-3-20-13(11(16)7-18-20)12(19-17)8-4-9(14)6-10(15)5-8/h4-7,12,19H,2-3,17H2,1H3. The minimum Gasteiger partial charge on any atom is -0.271 e. The van der Waals surface area contributed by atoms with Gasteiger partial charge in [-0.1, -0.05) is 38.8 Å². The third-order valence-corrected chi connectivity index (χ3v) is 4.45. The van der Waals surface area contributed by atoms with E-state index in [9.17, 15) is 0 Å². The predicted octanol–water partition coefficient (Wildman–Crippen LogP) is 4.13. The molecule has 4 nitrogen and oxygen atoms in total. The summed E-state index contributed by atoms with van der Waals surface area (Å²) in [7, 11) is 0. The number of nitrogens with zero attached hydrogens (tertiary/aromatic N) is 2. The van der Waals surface area contributed by atoms with Crippen molar-refractivity contribution in [2.24, 2.45) is 5.84 Å². The lowest BCUT2D eigenvalue weighted by molar-refractivity contribution is 0.519. The lowest BCUT2D eigenvalue weighted by atomic mass is 10.0. The summed E-state index contributed by atoms with van der Waals surface area (Å²) in [5.74, 6) is 5.79. The molecule has 108 valence electrons. The Kier molecular flexibility index (Phi) is 5.80. The van der Waals surface area contributed by atoms with Crippen LogP contribution in [0.2, 0.25) is 0 Å². The molecule has 0 fully saturated rings. The number of aryl methyl sites for hydroxylation is 1. The normalized spacial score (nSPS) is 12.7. The second kappa shape index (κ2) is 7.17. The van der Waals surface area contributed by atoms with E-state index in [1.165, 1.54) is 0 Å². The van der Waals surface area contributed by atoms with Gasteiger partial charge in [-0.3, -0.25) is 10.5 Å². The van der Waals surface area contributed by atoms with Gasteiger partial charge in [-0.05, 0) is 46.1 Å². The van der Waals surface area contributed by atoms with Gasteiger partial charge in [0.05, 0.1) is 22.4 Å². The molecular formula is C13H15Br3N4. The van der Waals surface area contributed by atoms with Crippen molar-refractivity contribution in [3.8, 4) is 0 Å². The zero-order valence-corrected chi connectivity index (χ0v) is 15.7. The van der Waals surface area contributed by atoms with Crippen molar-refractivity contribution >= 4 is 47.8 Å². The van der Waals surface area contributed by atoms with Crippen LogP contribution in [-0.4, -0.2) is 9.78 Å². The van der Waals surface area contributed by atoms with Gasteiger partial charge >= 0.3 is 0 Å². The van der Waals surface area contributed by atoms with Crippen LogP contribution in [-0.2, 0) is 6.54 Å². The number of benzene rings is 1. The van der Waals surface area contributed by atoms with Crippen LogP contribution in [0.3, 0.4) is 0 Å². The molecule has 2 rings (SSSR count). The average Bonchev–Trinajstić information content (AvgIpc) is 2.72. The van der Waals surface area contributed by atoms with Gasteiger partial charge in [-0.2, -0.15) is 5.10 Å². The fourth-order valence-electron chi connectivity index (χ4n) is 2.12. The molecule has 2 aromatic rings. The molecule has 1 heterocycles. The Balaban J connectivity index is 2.49. The van der Waals surface area contributed by atoms with Crippen molar-refractivity contribution in [3.05, 3.63) is 49.1 Å². The van der Waals surface area contributed by atoms with Gasteiger partial charge < -0.3 is 0 Å². The summed E-state index contributed by atoms with van der Waals surface area (Å²) in [5.41, 5.74) is 4.97. The maximum Gasteiger partial charge on any atom is 0.0890 e. The van der Waals surface area contributed by atoms with Crippen molar-refractivity contribution in [2.75, 3.05) is 0 Å². The highest BCUT2D eigenvalue weighted by molar-refractivity contribution is 9.11. The van der Waals surface area contributed by atoms with E-state index in [1.54, 1.807) is 0 Å². The summed E-state index contributed by atoms with van der Waals surface area (Å²) in [6.45, 7) is 2.98. The number of rotatable bonds is 5. The monoisotopic (exact) mass is 464 g/mol. The maximum absolute atomic E-state index is 5.79. The van der Waals surface area contributed by atoms with Crippen LogP contribution in [0.25, 0.3) is 0 Å². The second-order valence-corrected chi connectivity index (χ2v) is 7.09. The van der Waals surface area contributed by atoms with Gasteiger partial charge in [-0.15, -0.1) is 0 Å². The average molecular weight is 467 g/mol. The van der Waals surface area contributed by atoms with Crippen LogP contribution in [0.15, 0.2) is 37.8 Å². The van der Waals surface area contributed by atoms with E-state index < -0.39 is 0 Å². The predicted molar refractivity (Wildman–Crippen MR) is 91.2 cm³/mol. The molecule has 0 saturated heterocycles. The Labute approximate surface area is 143 Å². The first-order valence-electron chi connectivity index (χ1n) is 6.20. The van der Waals surface area contributed by atoms with Crippen molar-refractivity contribution < 1.29 is 0 Å². The Morgan fingerprint density at radius 2 is 1.90 bits per heavy atom. The first-order chi connectivity index (χ1) is 9.56. The molecule has 0 aliphatic rings. The van der Waals surface area contributed by atoms with Crippen LogP contribution < -0.4 is 11.3 Å². The Morgan fingerprint density at radius 3 is 2.45 bits per heavy atom. The Morgan fingerprint density at radius 1 is 1.25 bits per heavy atom. The quantitative estimate of drug-likeness (QED) is 0.514. The molecule has 0 spiro atoms. The summed E-state index contributed by atoms with van der Waals surface area (Å²) in [4.78, 5) is 0. The van der Waals surface area contributed by atoms with E-state index in [2.05, 4.69) is 65.2 Å². The van der Waals surface area contributed by atoms with Gasteiger partial charge in [0.25, 0.3) is 0 Å². The van der Waals surface area contributed by atoms with Gasteiger partial charge in [0, 0.05) is 15.5 Å². The summed E-state index contributed by atoms with van der Waals surface area (Å²) >= 11 is 10.6. The minimum atomic E-state index is -0.132. The molecule has 0 bridgehead atoms. The molecule has 1 unspecified atom stereocenters. The topological polar surface area (TPSA) is 55.9 Å². The Bertz CT molecular complexity index is 577. The zero-order valence-electron chi connectivity index (χ0n) is 10.9. The number of hydrazine groups is 1. The van der Waals surface area contributed by atoms with E-state index in [0.717, 1.165) is 37.6 Å². The molecule has 1 atom stereocenters. The molecule has 3 N–H and O–H groups in total. The molecule has 0 aliphatic heterocycles. The molecule has 1 aromatic heterocycles. The molecule has 0 radical (unpaired) electrons. The van der Waals surface area contributed by atoms with E-state index in [1.807, 2.05) is 29.1 Å². The number of nitrogens with two attached hydrogens (primary N) is 1. The molecule has 20 heavy (non-hydrogen) atoms. The lowest BCUT2D eigenvalue weighted by Crippen LogP contribution is -2.31. The fourth-order valence-corrected chi connectivity index (χ4v) is 3.98. The molecule has 0 aliphatic carbocycles. The summed E-state index contributed by atoms with van der Waals surface area (Å²) in [6, 6.07) is 5.96. The van der Waals surface area contributed by atoms with Crippen LogP contribution in [0.1, 0.15) is 30.6 Å². The minimum absolute atomic E-state index is 0.132. The molecule has 0 amide bonds. The number of halogens is 3. The summed E-state index contributed by atoms with van der Waals surface area (Å²) in [5, 5.41) is 4.40. The van der Waals surface area contributed by atoms with Crippen molar-refractivity contribution in [1.29, 1.82) is 0 Å². The van der Waals surface area contributed by atoms with Crippen molar-refractivity contribution in [2.45, 2.75) is 25.9 Å². The van der Waals surface area contributed by atoms with Crippen LogP contribution in [0, 0.1) is 0 Å². The maximum atomic E-state index is 5.79. The van der Waals surface area contributed by atoms with Gasteiger partial charge in [0.15, 0.2) is 0 Å². The third-order valence-electron chi connectivity index (χ3n) is 2.93. The number of aromatic nitrogens is 2. The smallest absolute Gasteiger partial charge is 0.0890 e. The van der Waals surface area contributed by atoms with E-state index in [4.69, 9.17) is 5.84 Å². The fraction of sp³-hybridized carbons (Fsp3) is 0.308. The second-order valence-electron chi connectivity index (χ2n) is 4.40. The van der Waals surface area contributed by atoms with E-state index >= 15 is 0 Å². The van der Waals surface area contributed by atoms with Crippen molar-refractivity contribution in [1.82, 2.24) is 15.2 Å². The summed E-state index contributed by atoms with van der Waals surface area (Å²) in [6.07, 6.45) is 2.82. The number of hydrogen-bond acceptors (Lipinski definition) is 3.